The van der Waals surface area contributed by atoms with Gasteiger partial charge in [-0.25, -0.2) is 9.59 Å². The minimum atomic E-state index is -1.15. The van der Waals surface area contributed by atoms with Crippen molar-refractivity contribution in [1.29, 1.82) is 0 Å². The highest BCUT2D eigenvalue weighted by molar-refractivity contribution is 5.93. The van der Waals surface area contributed by atoms with Crippen molar-refractivity contribution >= 4 is 23.6 Å². The van der Waals surface area contributed by atoms with E-state index in [1.165, 1.54) is 0 Å². The summed E-state index contributed by atoms with van der Waals surface area (Å²) in [4.78, 5) is 34.2. The van der Waals surface area contributed by atoms with E-state index >= 15 is 0 Å². The van der Waals surface area contributed by atoms with Crippen LogP contribution in [-0.2, 0) is 14.3 Å². The zero-order chi connectivity index (χ0) is 15.7. The molecule has 0 fully saturated rings. The molecule has 0 spiro atoms. The molecule has 114 valence electrons. The third-order valence-corrected chi connectivity index (χ3v) is 2.44. The summed E-state index contributed by atoms with van der Waals surface area (Å²) in [5, 5.41) is 16.0. The van der Waals surface area contributed by atoms with Crippen LogP contribution in [0.3, 0.4) is 0 Å². The summed E-state index contributed by atoms with van der Waals surface area (Å²) in [5.74, 6) is -1.39. The van der Waals surface area contributed by atoms with Crippen molar-refractivity contribution in [2.24, 2.45) is 0 Å². The summed E-state index contributed by atoms with van der Waals surface area (Å²) >= 11 is 0. The lowest BCUT2D eigenvalue weighted by Gasteiger charge is -2.14. The minimum absolute atomic E-state index is 0.341. The van der Waals surface area contributed by atoms with E-state index in [0.29, 0.717) is 5.69 Å². The second-order valence-corrected chi connectivity index (χ2v) is 4.00. The standard InChI is InChI=1S/C13H17N3O5/c1-21-12(19)10(8-17)16-11(18)7-14-13(20)15-9-5-3-2-4-6-9/h2-6,10,17H,7-8H2,1H3,(H,16,18)(H2,14,15,20). The Morgan fingerprint density at radius 2 is 1.90 bits per heavy atom. The maximum atomic E-state index is 11.5. The number of nitrogens with one attached hydrogen (secondary N) is 3. The topological polar surface area (TPSA) is 117 Å². The van der Waals surface area contributed by atoms with Crippen LogP contribution in [0.5, 0.6) is 0 Å². The number of amides is 3. The van der Waals surface area contributed by atoms with E-state index in [2.05, 4.69) is 20.7 Å². The number of aliphatic hydroxyl groups excluding tert-OH is 1. The molecule has 1 atom stereocenters. The molecule has 8 heteroatoms. The lowest BCUT2D eigenvalue weighted by molar-refractivity contribution is -0.146. The molecule has 0 aliphatic carbocycles. The second kappa shape index (κ2) is 8.54. The molecule has 0 bridgehead atoms. The van der Waals surface area contributed by atoms with Crippen molar-refractivity contribution in [3.63, 3.8) is 0 Å². The number of anilines is 1. The van der Waals surface area contributed by atoms with Gasteiger partial charge in [-0.3, -0.25) is 4.79 Å². The average molecular weight is 295 g/mol. The third-order valence-electron chi connectivity index (χ3n) is 2.44. The van der Waals surface area contributed by atoms with E-state index in [9.17, 15) is 14.4 Å². The maximum Gasteiger partial charge on any atom is 0.330 e. The molecular formula is C13H17N3O5. The summed E-state index contributed by atoms with van der Waals surface area (Å²) in [7, 11) is 1.14. The lowest BCUT2D eigenvalue weighted by atomic mass is 10.3. The highest BCUT2D eigenvalue weighted by atomic mass is 16.5. The van der Waals surface area contributed by atoms with Crippen molar-refractivity contribution < 1.29 is 24.2 Å². The number of urea groups is 1. The Labute approximate surface area is 121 Å². The van der Waals surface area contributed by atoms with Crippen molar-refractivity contribution in [2.75, 3.05) is 25.6 Å². The predicted octanol–water partition coefficient (Wildman–Crippen LogP) is -0.542. The van der Waals surface area contributed by atoms with E-state index in [1.54, 1.807) is 30.3 Å². The van der Waals surface area contributed by atoms with Gasteiger partial charge in [-0.15, -0.1) is 0 Å². The van der Waals surface area contributed by atoms with Gasteiger partial charge in [-0.05, 0) is 12.1 Å². The molecule has 1 aromatic rings. The first-order valence-electron chi connectivity index (χ1n) is 6.14. The van der Waals surface area contributed by atoms with Crippen molar-refractivity contribution in [1.82, 2.24) is 10.6 Å². The fourth-order valence-electron chi connectivity index (χ4n) is 1.42. The van der Waals surface area contributed by atoms with Crippen molar-refractivity contribution in [3.8, 4) is 0 Å². The molecule has 0 aliphatic rings. The maximum absolute atomic E-state index is 11.5. The van der Waals surface area contributed by atoms with Crippen LogP contribution in [0.15, 0.2) is 30.3 Å². The van der Waals surface area contributed by atoms with Crippen LogP contribution in [-0.4, -0.2) is 49.3 Å². The molecular weight excluding hydrogens is 278 g/mol. The number of aliphatic hydroxyl groups is 1. The molecule has 0 aliphatic heterocycles. The number of hydrogen-bond acceptors (Lipinski definition) is 5. The Hall–Kier alpha value is -2.61. The highest BCUT2D eigenvalue weighted by Crippen LogP contribution is 2.03. The van der Waals surface area contributed by atoms with Crippen LogP contribution in [0.1, 0.15) is 0 Å². The fourth-order valence-corrected chi connectivity index (χ4v) is 1.42. The molecule has 0 saturated heterocycles. The average Bonchev–Trinajstić information content (AvgIpc) is 2.50. The monoisotopic (exact) mass is 295 g/mol. The molecule has 1 aromatic carbocycles. The number of rotatable bonds is 6. The number of ether oxygens (including phenoxy) is 1. The molecule has 4 N–H and O–H groups in total. The lowest BCUT2D eigenvalue weighted by Crippen LogP contribution is -2.48. The molecule has 0 aromatic heterocycles. The Balaban J connectivity index is 2.35. The van der Waals surface area contributed by atoms with E-state index in [0.717, 1.165) is 7.11 Å². The van der Waals surface area contributed by atoms with Gasteiger partial charge in [0.25, 0.3) is 0 Å². The smallest absolute Gasteiger partial charge is 0.330 e. The summed E-state index contributed by atoms with van der Waals surface area (Å²) in [6.07, 6.45) is 0. The van der Waals surface area contributed by atoms with Gasteiger partial charge < -0.3 is 25.8 Å². The molecule has 21 heavy (non-hydrogen) atoms. The van der Waals surface area contributed by atoms with Gasteiger partial charge in [0.2, 0.25) is 5.91 Å². The summed E-state index contributed by atoms with van der Waals surface area (Å²) < 4.78 is 4.40. The van der Waals surface area contributed by atoms with Crippen LogP contribution in [0.25, 0.3) is 0 Å². The van der Waals surface area contributed by atoms with Crippen LogP contribution in [0, 0.1) is 0 Å². The van der Waals surface area contributed by atoms with Crippen molar-refractivity contribution in [2.45, 2.75) is 6.04 Å². The van der Waals surface area contributed by atoms with Gasteiger partial charge in [0.15, 0.2) is 6.04 Å². The molecule has 0 heterocycles. The van der Waals surface area contributed by atoms with Gasteiger partial charge >= 0.3 is 12.0 Å². The SMILES string of the molecule is COC(=O)C(CO)NC(=O)CNC(=O)Nc1ccccc1. The number of para-hydroxylation sites is 1. The summed E-state index contributed by atoms with van der Waals surface area (Å²) in [5.41, 5.74) is 0.582. The first-order valence-corrected chi connectivity index (χ1v) is 6.14. The van der Waals surface area contributed by atoms with Crippen LogP contribution < -0.4 is 16.0 Å². The Kier molecular flexibility index (Phi) is 6.69. The minimum Gasteiger partial charge on any atom is -0.467 e. The normalized spacial score (nSPS) is 11.1. The Morgan fingerprint density at radius 1 is 1.24 bits per heavy atom. The van der Waals surface area contributed by atoms with Gasteiger partial charge in [0, 0.05) is 5.69 Å². The second-order valence-electron chi connectivity index (χ2n) is 4.00. The molecule has 0 saturated carbocycles. The zero-order valence-corrected chi connectivity index (χ0v) is 11.5. The van der Waals surface area contributed by atoms with Gasteiger partial charge in [0.1, 0.15) is 0 Å². The number of benzene rings is 1. The number of carbonyl (C=O) groups excluding carboxylic acids is 3. The van der Waals surface area contributed by atoms with E-state index in [1.807, 2.05) is 0 Å². The van der Waals surface area contributed by atoms with Crippen LogP contribution in [0.4, 0.5) is 10.5 Å². The molecule has 1 rings (SSSR count). The number of carbonyl (C=O) groups is 3. The molecule has 0 radical (unpaired) electrons. The quantitative estimate of drug-likeness (QED) is 0.526. The van der Waals surface area contributed by atoms with E-state index in [-0.39, 0.29) is 6.54 Å². The van der Waals surface area contributed by atoms with Crippen molar-refractivity contribution in [3.05, 3.63) is 30.3 Å². The first kappa shape index (κ1) is 16.4. The Morgan fingerprint density at radius 3 is 2.48 bits per heavy atom. The van der Waals surface area contributed by atoms with Crippen LogP contribution >= 0.6 is 0 Å². The largest absolute Gasteiger partial charge is 0.467 e. The summed E-state index contributed by atoms with van der Waals surface area (Å²) in [6.45, 7) is -0.930. The van der Waals surface area contributed by atoms with Gasteiger partial charge in [-0.1, -0.05) is 18.2 Å². The fraction of sp³-hybridized carbons (Fsp3) is 0.308. The van der Waals surface area contributed by atoms with E-state index in [4.69, 9.17) is 5.11 Å². The van der Waals surface area contributed by atoms with E-state index < -0.39 is 30.6 Å². The third kappa shape index (κ3) is 5.91. The molecule has 1 unspecified atom stereocenters. The predicted molar refractivity (Wildman–Crippen MR) is 74.5 cm³/mol. The number of methoxy groups -OCH3 is 1. The highest BCUT2D eigenvalue weighted by Gasteiger charge is 2.20. The molecule has 8 nitrogen and oxygen atoms in total. The number of hydrogen-bond donors (Lipinski definition) is 4. The Bertz CT molecular complexity index is 492. The van der Waals surface area contributed by atoms with Crippen LogP contribution in [0.2, 0.25) is 0 Å². The molecule has 3 amide bonds. The van der Waals surface area contributed by atoms with Gasteiger partial charge in [-0.2, -0.15) is 0 Å². The zero-order valence-electron chi connectivity index (χ0n) is 11.5. The summed E-state index contributed by atoms with van der Waals surface area (Å²) in [6, 6.07) is 6.99. The number of esters is 1. The first-order chi connectivity index (χ1) is 10.1. The van der Waals surface area contributed by atoms with Gasteiger partial charge in [0.05, 0.1) is 20.3 Å².